The number of carbonyl (C=O) groups is 1. The van der Waals surface area contributed by atoms with Crippen molar-refractivity contribution in [3.8, 4) is 0 Å². The second-order valence-electron chi connectivity index (χ2n) is 7.13. The van der Waals surface area contributed by atoms with Crippen molar-refractivity contribution in [3.05, 3.63) is 70.2 Å². The van der Waals surface area contributed by atoms with E-state index < -0.39 is 11.7 Å². The molecule has 6 nitrogen and oxygen atoms in total. The molecule has 1 amide bonds. The molecule has 3 aromatic rings. The summed E-state index contributed by atoms with van der Waals surface area (Å²) in [4.78, 5) is 16.4. The molecule has 31 heavy (non-hydrogen) atoms. The molecule has 0 bridgehead atoms. The molecule has 2 heterocycles. The minimum Gasteiger partial charge on any atom is -0.369 e. The largest absolute Gasteiger partial charge is 0.416 e. The lowest BCUT2D eigenvalue weighted by Gasteiger charge is -2.35. The summed E-state index contributed by atoms with van der Waals surface area (Å²) in [7, 11) is 0. The van der Waals surface area contributed by atoms with Gasteiger partial charge in [0.05, 0.1) is 12.1 Å². The second-order valence-corrected chi connectivity index (χ2v) is 8.19. The van der Waals surface area contributed by atoms with E-state index in [4.69, 9.17) is 0 Å². The summed E-state index contributed by atoms with van der Waals surface area (Å²) in [5.41, 5.74) is 0.628. The van der Waals surface area contributed by atoms with Crippen LogP contribution in [0.15, 0.2) is 54.6 Å². The molecule has 0 aliphatic carbocycles. The molecule has 10 heteroatoms. The fraction of sp³-hybridized carbons (Fsp3) is 0.286. The van der Waals surface area contributed by atoms with Crippen molar-refractivity contribution in [2.24, 2.45) is 0 Å². The van der Waals surface area contributed by atoms with E-state index in [9.17, 15) is 18.0 Å². The van der Waals surface area contributed by atoms with Crippen LogP contribution in [-0.4, -0.2) is 47.2 Å². The van der Waals surface area contributed by atoms with Gasteiger partial charge in [-0.1, -0.05) is 35.6 Å². The van der Waals surface area contributed by atoms with Crippen molar-refractivity contribution < 1.29 is 18.0 Å². The van der Waals surface area contributed by atoms with Crippen LogP contribution in [0.4, 0.5) is 24.5 Å². The Morgan fingerprint density at radius 1 is 1.00 bits per heavy atom. The minimum absolute atomic E-state index is 0.293. The van der Waals surface area contributed by atoms with Gasteiger partial charge in [0.1, 0.15) is 5.01 Å². The number of nitrogens with zero attached hydrogens (tertiary/aromatic N) is 4. The fourth-order valence-corrected chi connectivity index (χ4v) is 4.13. The van der Waals surface area contributed by atoms with Gasteiger partial charge in [0.2, 0.25) is 5.01 Å². The van der Waals surface area contributed by atoms with E-state index in [1.165, 1.54) is 23.5 Å². The lowest BCUT2D eigenvalue weighted by atomic mass is 10.1. The third-order valence-corrected chi connectivity index (χ3v) is 5.87. The smallest absolute Gasteiger partial charge is 0.369 e. The van der Waals surface area contributed by atoms with Crippen molar-refractivity contribution in [3.63, 3.8) is 0 Å². The van der Waals surface area contributed by atoms with Crippen molar-refractivity contribution in [2.45, 2.75) is 12.7 Å². The molecule has 1 saturated heterocycles. The number of hydrogen-bond donors (Lipinski definition) is 1. The maximum absolute atomic E-state index is 13.0. The lowest BCUT2D eigenvalue weighted by molar-refractivity contribution is -0.137. The van der Waals surface area contributed by atoms with E-state index >= 15 is 0 Å². The number of para-hydroxylation sites is 1. The minimum atomic E-state index is -4.35. The third kappa shape index (κ3) is 5.39. The predicted molar refractivity (Wildman–Crippen MR) is 113 cm³/mol. The highest BCUT2D eigenvalue weighted by atomic mass is 32.1. The Balaban J connectivity index is 1.31. The molecular weight excluding hydrogens is 427 g/mol. The first-order valence-electron chi connectivity index (χ1n) is 9.72. The topological polar surface area (TPSA) is 61.4 Å². The zero-order chi connectivity index (χ0) is 21.8. The average molecular weight is 447 g/mol. The van der Waals surface area contributed by atoms with Gasteiger partial charge in [0.15, 0.2) is 0 Å². The molecule has 2 aromatic carbocycles. The van der Waals surface area contributed by atoms with Crippen LogP contribution < -0.4 is 10.2 Å². The molecule has 1 N–H and O–H groups in total. The summed E-state index contributed by atoms with van der Waals surface area (Å²) >= 11 is 1.24. The Morgan fingerprint density at radius 2 is 1.74 bits per heavy atom. The maximum Gasteiger partial charge on any atom is 0.416 e. The van der Waals surface area contributed by atoms with Crippen LogP contribution in [0.5, 0.6) is 0 Å². The molecule has 0 saturated carbocycles. The summed E-state index contributed by atoms with van der Waals surface area (Å²) in [6, 6.07) is 14.5. The van der Waals surface area contributed by atoms with Gasteiger partial charge in [-0.05, 0) is 30.3 Å². The first kappa shape index (κ1) is 21.3. The summed E-state index contributed by atoms with van der Waals surface area (Å²) in [5, 5.41) is 11.9. The molecule has 4 rings (SSSR count). The molecule has 0 spiro atoms. The van der Waals surface area contributed by atoms with Crippen molar-refractivity contribution in [1.29, 1.82) is 0 Å². The Labute approximate surface area is 181 Å². The SMILES string of the molecule is O=C(Nc1ccccc1)c1nnc(CN2CCN(c3cccc(C(F)(F)F)c3)CC2)s1. The average Bonchev–Trinajstić information content (AvgIpc) is 3.23. The van der Waals surface area contributed by atoms with Gasteiger partial charge in [-0.2, -0.15) is 13.2 Å². The number of carbonyl (C=O) groups excluding carboxylic acids is 1. The lowest BCUT2D eigenvalue weighted by Crippen LogP contribution is -2.46. The van der Waals surface area contributed by atoms with Crippen LogP contribution >= 0.6 is 11.3 Å². The van der Waals surface area contributed by atoms with E-state index in [-0.39, 0.29) is 5.91 Å². The molecule has 162 valence electrons. The number of alkyl halides is 3. The van der Waals surface area contributed by atoms with Gasteiger partial charge in [0, 0.05) is 37.6 Å². The zero-order valence-electron chi connectivity index (χ0n) is 16.5. The number of amides is 1. The molecule has 1 aromatic heterocycles. The quantitative estimate of drug-likeness (QED) is 0.637. The summed E-state index contributed by atoms with van der Waals surface area (Å²) in [5.74, 6) is -0.302. The zero-order valence-corrected chi connectivity index (χ0v) is 17.3. The maximum atomic E-state index is 13.0. The predicted octanol–water partition coefficient (Wildman–Crippen LogP) is 4.13. The number of hydrogen-bond acceptors (Lipinski definition) is 6. The molecule has 1 aliphatic rings. The number of benzene rings is 2. The first-order chi connectivity index (χ1) is 14.9. The van der Waals surface area contributed by atoms with Gasteiger partial charge >= 0.3 is 6.18 Å². The molecular formula is C21H20F3N5OS. The molecule has 1 fully saturated rings. The van der Waals surface area contributed by atoms with E-state index in [1.54, 1.807) is 18.2 Å². The Kier molecular flexibility index (Phi) is 6.19. The van der Waals surface area contributed by atoms with Gasteiger partial charge in [-0.15, -0.1) is 10.2 Å². The Hall–Kier alpha value is -2.98. The van der Waals surface area contributed by atoms with E-state index in [2.05, 4.69) is 20.4 Å². The third-order valence-electron chi connectivity index (χ3n) is 4.96. The first-order valence-corrected chi connectivity index (χ1v) is 10.5. The highest BCUT2D eigenvalue weighted by molar-refractivity contribution is 7.13. The highest BCUT2D eigenvalue weighted by Gasteiger charge is 2.31. The van der Waals surface area contributed by atoms with Gasteiger partial charge < -0.3 is 10.2 Å². The van der Waals surface area contributed by atoms with Gasteiger partial charge in [-0.3, -0.25) is 9.69 Å². The van der Waals surface area contributed by atoms with Crippen molar-refractivity contribution >= 4 is 28.6 Å². The second kappa shape index (κ2) is 9.03. The number of anilines is 2. The molecule has 0 unspecified atom stereocenters. The fourth-order valence-electron chi connectivity index (χ4n) is 3.35. The summed E-state index contributed by atoms with van der Waals surface area (Å²) < 4.78 is 38.9. The van der Waals surface area contributed by atoms with Crippen LogP contribution in [0, 0.1) is 0 Å². The highest BCUT2D eigenvalue weighted by Crippen LogP contribution is 2.32. The van der Waals surface area contributed by atoms with E-state index in [0.717, 1.165) is 11.1 Å². The van der Waals surface area contributed by atoms with Crippen molar-refractivity contribution in [2.75, 3.05) is 36.4 Å². The summed E-state index contributed by atoms with van der Waals surface area (Å²) in [6.45, 7) is 3.14. The number of rotatable bonds is 5. The number of aromatic nitrogens is 2. The van der Waals surface area contributed by atoms with Gasteiger partial charge in [0.25, 0.3) is 5.91 Å². The van der Waals surface area contributed by atoms with Gasteiger partial charge in [-0.25, -0.2) is 0 Å². The number of nitrogens with one attached hydrogen (secondary N) is 1. The molecule has 0 radical (unpaired) electrons. The molecule has 0 atom stereocenters. The number of piperazine rings is 1. The van der Waals surface area contributed by atoms with Crippen LogP contribution in [0.25, 0.3) is 0 Å². The molecule has 1 aliphatic heterocycles. The Bertz CT molecular complexity index is 1030. The standard InChI is InChI=1S/C21H20F3N5OS/c22-21(23,24)15-5-4-8-17(13-15)29-11-9-28(10-12-29)14-18-26-27-20(31-18)19(30)25-16-6-2-1-3-7-16/h1-8,13H,9-12,14H2,(H,25,30). The van der Waals surface area contributed by atoms with E-state index in [0.29, 0.717) is 49.1 Å². The van der Waals surface area contributed by atoms with Crippen LogP contribution in [-0.2, 0) is 12.7 Å². The van der Waals surface area contributed by atoms with Crippen molar-refractivity contribution in [1.82, 2.24) is 15.1 Å². The van der Waals surface area contributed by atoms with Crippen LogP contribution in [0.3, 0.4) is 0 Å². The summed E-state index contributed by atoms with van der Waals surface area (Å²) in [6.07, 6.45) is -4.35. The number of halogens is 3. The van der Waals surface area contributed by atoms with Crippen LogP contribution in [0.2, 0.25) is 0 Å². The van der Waals surface area contributed by atoms with E-state index in [1.807, 2.05) is 23.1 Å². The monoisotopic (exact) mass is 447 g/mol. The normalized spacial score (nSPS) is 15.1. The van der Waals surface area contributed by atoms with Crippen LogP contribution in [0.1, 0.15) is 20.4 Å². The Morgan fingerprint density at radius 3 is 2.45 bits per heavy atom.